The Balaban J connectivity index is 2.08. The molecular weight excluding hydrogens is 213 g/mol. The lowest BCUT2D eigenvalue weighted by Gasteiger charge is -2.35. The molecule has 2 rings (SSSR count). The highest BCUT2D eigenvalue weighted by Crippen LogP contribution is 2.39. The van der Waals surface area contributed by atoms with E-state index in [-0.39, 0.29) is 5.82 Å². The zero-order chi connectivity index (χ0) is 12.3. The molecule has 1 N–H and O–H groups in total. The molecule has 0 bridgehead atoms. The molecule has 1 aromatic rings. The Bertz CT molecular complexity index is 358. The molecule has 0 saturated heterocycles. The molecular formula is C15H22FN. The molecule has 1 aliphatic carbocycles. The smallest absolute Gasteiger partial charge is 0.123 e. The third-order valence-electron chi connectivity index (χ3n) is 3.74. The van der Waals surface area contributed by atoms with Crippen LogP contribution in [0.5, 0.6) is 0 Å². The molecule has 0 aromatic heterocycles. The fourth-order valence-corrected chi connectivity index (χ4v) is 2.50. The monoisotopic (exact) mass is 235 g/mol. The van der Waals surface area contributed by atoms with Crippen LogP contribution in [-0.4, -0.2) is 12.6 Å². The van der Waals surface area contributed by atoms with Crippen molar-refractivity contribution in [2.24, 2.45) is 5.92 Å². The number of nitrogens with one attached hydrogen (secondary N) is 1. The van der Waals surface area contributed by atoms with Gasteiger partial charge in [0.2, 0.25) is 0 Å². The molecule has 0 spiro atoms. The first kappa shape index (κ1) is 12.6. The molecule has 1 aromatic carbocycles. The molecule has 1 saturated carbocycles. The van der Waals surface area contributed by atoms with Crippen LogP contribution in [0.1, 0.15) is 44.6 Å². The third kappa shape index (κ3) is 3.29. The normalized spacial score (nSPS) is 18.1. The van der Waals surface area contributed by atoms with E-state index in [9.17, 15) is 4.39 Å². The molecule has 1 nitrogen and oxygen atoms in total. The molecule has 0 radical (unpaired) electrons. The molecule has 1 fully saturated rings. The third-order valence-corrected chi connectivity index (χ3v) is 3.74. The number of halogens is 1. The van der Waals surface area contributed by atoms with Gasteiger partial charge in [0, 0.05) is 12.6 Å². The highest BCUT2D eigenvalue weighted by Gasteiger charge is 2.28. The average Bonchev–Trinajstić information content (AvgIpc) is 2.21. The highest BCUT2D eigenvalue weighted by atomic mass is 19.1. The quantitative estimate of drug-likeness (QED) is 0.820. The van der Waals surface area contributed by atoms with Gasteiger partial charge in [-0.1, -0.05) is 32.4 Å². The predicted octanol–water partition coefficient (Wildman–Crippen LogP) is 3.71. The molecule has 17 heavy (non-hydrogen) atoms. The van der Waals surface area contributed by atoms with Crippen molar-refractivity contribution in [1.82, 2.24) is 5.32 Å². The first-order valence-electron chi connectivity index (χ1n) is 6.65. The van der Waals surface area contributed by atoms with Crippen LogP contribution < -0.4 is 5.32 Å². The maximum absolute atomic E-state index is 13.3. The summed E-state index contributed by atoms with van der Waals surface area (Å²) in [5.41, 5.74) is 1.16. The summed E-state index contributed by atoms with van der Waals surface area (Å²) < 4.78 is 13.3. The van der Waals surface area contributed by atoms with E-state index in [1.807, 2.05) is 6.07 Å². The minimum Gasteiger partial charge on any atom is -0.314 e. The molecule has 2 heteroatoms. The Morgan fingerprint density at radius 2 is 2.12 bits per heavy atom. The zero-order valence-electron chi connectivity index (χ0n) is 10.7. The summed E-state index contributed by atoms with van der Waals surface area (Å²) in [6.07, 6.45) is 3.92. The van der Waals surface area contributed by atoms with Gasteiger partial charge in [-0.3, -0.25) is 0 Å². The largest absolute Gasteiger partial charge is 0.314 e. The molecule has 94 valence electrons. The van der Waals surface area contributed by atoms with Crippen molar-refractivity contribution in [3.63, 3.8) is 0 Å². The van der Waals surface area contributed by atoms with Crippen molar-refractivity contribution in [2.75, 3.05) is 6.54 Å². The van der Waals surface area contributed by atoms with Crippen LogP contribution in [0, 0.1) is 11.7 Å². The van der Waals surface area contributed by atoms with Crippen LogP contribution in [0.25, 0.3) is 0 Å². The highest BCUT2D eigenvalue weighted by molar-refractivity contribution is 5.22. The van der Waals surface area contributed by atoms with Gasteiger partial charge in [-0.05, 0) is 42.4 Å². The summed E-state index contributed by atoms with van der Waals surface area (Å²) in [7, 11) is 0. The average molecular weight is 235 g/mol. The van der Waals surface area contributed by atoms with Gasteiger partial charge < -0.3 is 5.32 Å². The lowest BCUT2D eigenvalue weighted by molar-refractivity contribution is 0.251. The molecule has 0 amide bonds. The van der Waals surface area contributed by atoms with Gasteiger partial charge >= 0.3 is 0 Å². The van der Waals surface area contributed by atoms with Crippen LogP contribution in [0.15, 0.2) is 24.3 Å². The summed E-state index contributed by atoms with van der Waals surface area (Å²) in [4.78, 5) is 0. The standard InChI is InChI=1S/C15H22FN/c1-11(2)17-10-15(12-5-3-6-12)13-7-4-8-14(16)9-13/h4,7-9,11-12,15,17H,3,5-6,10H2,1-2H3. The maximum atomic E-state index is 13.3. The molecule has 0 aliphatic heterocycles. The molecule has 1 atom stereocenters. The van der Waals surface area contributed by atoms with Crippen LogP contribution in [0.3, 0.4) is 0 Å². The van der Waals surface area contributed by atoms with Gasteiger partial charge in [-0.25, -0.2) is 4.39 Å². The van der Waals surface area contributed by atoms with Crippen molar-refractivity contribution in [2.45, 2.75) is 45.1 Å². The Labute approximate surface area is 103 Å². The lowest BCUT2D eigenvalue weighted by Crippen LogP contribution is -2.33. The van der Waals surface area contributed by atoms with E-state index in [1.165, 1.54) is 25.3 Å². The van der Waals surface area contributed by atoms with E-state index >= 15 is 0 Å². The van der Waals surface area contributed by atoms with E-state index in [0.29, 0.717) is 12.0 Å². The summed E-state index contributed by atoms with van der Waals surface area (Å²) in [5.74, 6) is 1.10. The summed E-state index contributed by atoms with van der Waals surface area (Å²) in [6, 6.07) is 7.60. The molecule has 0 heterocycles. The van der Waals surface area contributed by atoms with Gasteiger partial charge in [-0.2, -0.15) is 0 Å². The fraction of sp³-hybridized carbons (Fsp3) is 0.600. The van der Waals surface area contributed by atoms with E-state index in [0.717, 1.165) is 18.0 Å². The Morgan fingerprint density at radius 1 is 1.35 bits per heavy atom. The SMILES string of the molecule is CC(C)NCC(c1cccc(F)c1)C1CCC1. The van der Waals surface area contributed by atoms with Crippen molar-refractivity contribution < 1.29 is 4.39 Å². The van der Waals surface area contributed by atoms with Gasteiger partial charge in [0.25, 0.3) is 0 Å². The summed E-state index contributed by atoms with van der Waals surface area (Å²) in [5, 5.41) is 3.49. The van der Waals surface area contributed by atoms with E-state index in [4.69, 9.17) is 0 Å². The zero-order valence-corrected chi connectivity index (χ0v) is 10.7. The minimum atomic E-state index is -0.114. The van der Waals surface area contributed by atoms with Gasteiger partial charge in [0.1, 0.15) is 5.82 Å². The molecule has 1 aliphatic rings. The first-order chi connectivity index (χ1) is 8.16. The van der Waals surface area contributed by atoms with Crippen LogP contribution >= 0.6 is 0 Å². The Hall–Kier alpha value is -0.890. The van der Waals surface area contributed by atoms with E-state index in [1.54, 1.807) is 6.07 Å². The minimum absolute atomic E-state index is 0.114. The number of hydrogen-bond acceptors (Lipinski definition) is 1. The van der Waals surface area contributed by atoms with E-state index < -0.39 is 0 Å². The Morgan fingerprint density at radius 3 is 2.65 bits per heavy atom. The molecule has 1 unspecified atom stereocenters. The second-order valence-electron chi connectivity index (χ2n) is 5.42. The van der Waals surface area contributed by atoms with Gasteiger partial charge in [-0.15, -0.1) is 0 Å². The van der Waals surface area contributed by atoms with Crippen molar-refractivity contribution >= 4 is 0 Å². The maximum Gasteiger partial charge on any atom is 0.123 e. The first-order valence-corrected chi connectivity index (χ1v) is 6.65. The van der Waals surface area contributed by atoms with Gasteiger partial charge in [0.15, 0.2) is 0 Å². The van der Waals surface area contributed by atoms with Crippen LogP contribution in [0.4, 0.5) is 4.39 Å². The topological polar surface area (TPSA) is 12.0 Å². The number of rotatable bonds is 5. The Kier molecular flexibility index (Phi) is 4.16. The number of benzene rings is 1. The number of hydrogen-bond donors (Lipinski definition) is 1. The second kappa shape index (κ2) is 5.63. The second-order valence-corrected chi connectivity index (χ2v) is 5.42. The van der Waals surface area contributed by atoms with E-state index in [2.05, 4.69) is 25.2 Å². The van der Waals surface area contributed by atoms with Crippen LogP contribution in [0.2, 0.25) is 0 Å². The van der Waals surface area contributed by atoms with Crippen molar-refractivity contribution in [3.05, 3.63) is 35.6 Å². The lowest BCUT2D eigenvalue weighted by atomic mass is 9.73. The van der Waals surface area contributed by atoms with Crippen molar-refractivity contribution in [3.8, 4) is 0 Å². The summed E-state index contributed by atoms with van der Waals surface area (Å²) >= 11 is 0. The summed E-state index contributed by atoms with van der Waals surface area (Å²) in [6.45, 7) is 5.28. The van der Waals surface area contributed by atoms with Crippen LogP contribution in [-0.2, 0) is 0 Å². The van der Waals surface area contributed by atoms with Gasteiger partial charge in [0.05, 0.1) is 0 Å². The fourth-order valence-electron chi connectivity index (χ4n) is 2.50. The predicted molar refractivity (Wildman–Crippen MR) is 69.6 cm³/mol. The van der Waals surface area contributed by atoms with Crippen molar-refractivity contribution in [1.29, 1.82) is 0 Å².